The van der Waals surface area contributed by atoms with E-state index in [0.29, 0.717) is 0 Å². The predicted molar refractivity (Wildman–Crippen MR) is 261 cm³/mol. The topological polar surface area (TPSA) is 25.0 Å². The summed E-state index contributed by atoms with van der Waals surface area (Å²) in [6, 6.07) is 56.4. The van der Waals surface area contributed by atoms with E-state index >= 15 is 0 Å². The molecule has 8 aromatic carbocycles. The zero-order valence-electron chi connectivity index (χ0n) is 35.3. The molecular formula is C57H44N4. The van der Waals surface area contributed by atoms with E-state index in [9.17, 15) is 0 Å². The Labute approximate surface area is 353 Å². The van der Waals surface area contributed by atoms with Crippen molar-refractivity contribution in [2.24, 2.45) is 0 Å². The van der Waals surface area contributed by atoms with Crippen LogP contribution in [0.15, 0.2) is 158 Å². The number of nitrogens with zero attached hydrogens (tertiary/aromatic N) is 4. The van der Waals surface area contributed by atoms with Crippen LogP contribution < -0.4 is 4.90 Å². The van der Waals surface area contributed by atoms with Crippen molar-refractivity contribution in [1.29, 1.82) is 0 Å². The van der Waals surface area contributed by atoms with E-state index in [4.69, 9.17) is 4.98 Å². The number of para-hydroxylation sites is 2. The molecule has 0 atom stereocenters. The summed E-state index contributed by atoms with van der Waals surface area (Å²) in [5.41, 5.74) is 13.0. The van der Waals surface area contributed by atoms with E-state index in [1.165, 1.54) is 97.8 Å². The zero-order chi connectivity index (χ0) is 41.1. The first-order chi connectivity index (χ1) is 29.6. The third kappa shape index (κ3) is 4.57. The second-order valence-corrected chi connectivity index (χ2v) is 19.3. The smallest absolute Gasteiger partial charge is 0.146 e. The van der Waals surface area contributed by atoms with Crippen LogP contribution in [0.1, 0.15) is 52.7 Å². The van der Waals surface area contributed by atoms with Crippen LogP contribution in [0.2, 0.25) is 0 Å². The van der Waals surface area contributed by atoms with Crippen molar-refractivity contribution in [3.63, 3.8) is 0 Å². The van der Waals surface area contributed by atoms with Crippen LogP contribution in [0.3, 0.4) is 0 Å². The second-order valence-electron chi connectivity index (χ2n) is 19.3. The molecule has 0 aliphatic heterocycles. The Kier molecular flexibility index (Phi) is 6.69. The summed E-state index contributed by atoms with van der Waals surface area (Å²) in [7, 11) is 0. The van der Waals surface area contributed by atoms with Crippen molar-refractivity contribution in [1.82, 2.24) is 13.8 Å². The number of benzene rings is 8. The first kappa shape index (κ1) is 34.7. The molecule has 0 bridgehead atoms. The summed E-state index contributed by atoms with van der Waals surface area (Å²) in [5, 5.41) is 15.2. The van der Waals surface area contributed by atoms with Crippen molar-refractivity contribution < 1.29 is 0 Å². The Morgan fingerprint density at radius 3 is 1.59 bits per heavy atom. The average molecular weight is 785 g/mol. The highest BCUT2D eigenvalue weighted by Crippen LogP contribution is 2.52. The summed E-state index contributed by atoms with van der Waals surface area (Å²) in [6.45, 7) is 14.1. The third-order valence-electron chi connectivity index (χ3n) is 13.6. The van der Waals surface area contributed by atoms with Gasteiger partial charge in [-0.15, -0.1) is 0 Å². The summed E-state index contributed by atoms with van der Waals surface area (Å²) in [5.74, 6) is 0. The second kappa shape index (κ2) is 11.8. The largest absolute Gasteiger partial charge is 0.308 e. The van der Waals surface area contributed by atoms with Gasteiger partial charge in [0, 0.05) is 59.9 Å². The highest BCUT2D eigenvalue weighted by molar-refractivity contribution is 6.38. The van der Waals surface area contributed by atoms with E-state index in [1.54, 1.807) is 0 Å². The Bertz CT molecular complexity index is 3890. The van der Waals surface area contributed by atoms with Crippen molar-refractivity contribution in [3.8, 4) is 0 Å². The van der Waals surface area contributed by atoms with Gasteiger partial charge in [-0.1, -0.05) is 139 Å². The highest BCUT2D eigenvalue weighted by atomic mass is 15.2. The summed E-state index contributed by atoms with van der Waals surface area (Å²) in [4.78, 5) is 8.05. The molecule has 0 radical (unpaired) electrons. The first-order valence-electron chi connectivity index (χ1n) is 21.6. The van der Waals surface area contributed by atoms with Crippen LogP contribution in [-0.2, 0) is 10.8 Å². The van der Waals surface area contributed by atoms with Gasteiger partial charge in [0.15, 0.2) is 0 Å². The fraction of sp³-hybridized carbons (Fsp3) is 0.140. The summed E-state index contributed by atoms with van der Waals surface area (Å²) >= 11 is 0. The van der Waals surface area contributed by atoms with Crippen LogP contribution in [0.4, 0.5) is 17.1 Å². The average Bonchev–Trinajstić information content (AvgIpc) is 4.00. The molecule has 5 aromatic heterocycles. The van der Waals surface area contributed by atoms with Gasteiger partial charge < -0.3 is 9.30 Å². The van der Waals surface area contributed by atoms with Crippen LogP contribution in [0.25, 0.3) is 97.9 Å². The van der Waals surface area contributed by atoms with Crippen LogP contribution in [0.5, 0.6) is 0 Å². The van der Waals surface area contributed by atoms with Gasteiger partial charge in [-0.3, -0.25) is 4.40 Å². The molecule has 13 aromatic rings. The van der Waals surface area contributed by atoms with E-state index in [-0.39, 0.29) is 10.8 Å². The lowest BCUT2D eigenvalue weighted by Gasteiger charge is -2.27. The molecule has 0 fully saturated rings. The van der Waals surface area contributed by atoms with Gasteiger partial charge >= 0.3 is 0 Å². The fourth-order valence-electron chi connectivity index (χ4n) is 10.7. The molecule has 0 aliphatic carbocycles. The molecule has 0 saturated carbocycles. The Hall–Kier alpha value is -7.17. The Balaban J connectivity index is 1.31. The molecule has 0 saturated heterocycles. The first-order valence-corrected chi connectivity index (χ1v) is 21.6. The fourth-order valence-corrected chi connectivity index (χ4v) is 10.7. The number of anilines is 3. The molecule has 13 rings (SSSR count). The third-order valence-corrected chi connectivity index (χ3v) is 13.6. The number of rotatable bonds is 3. The predicted octanol–water partition coefficient (Wildman–Crippen LogP) is 15.8. The molecule has 4 heteroatoms. The maximum atomic E-state index is 5.60. The maximum Gasteiger partial charge on any atom is 0.146 e. The van der Waals surface area contributed by atoms with Crippen LogP contribution >= 0.6 is 0 Å². The molecule has 292 valence electrons. The number of hydrogen-bond donors (Lipinski definition) is 0. The van der Waals surface area contributed by atoms with Gasteiger partial charge in [0.2, 0.25) is 0 Å². The Morgan fingerprint density at radius 2 is 0.934 bits per heavy atom. The maximum absolute atomic E-state index is 5.60. The lowest BCUT2D eigenvalue weighted by molar-refractivity contribution is 0.591. The SMILES string of the molecule is CC(C)(C)c1cc2c3c4c5cc(C(C)(C)C)cc6c7ccc8ccccc8c7n(c4ncc3n3c4c(N(c7ccccc7)c7ccccc7)cc7ccccc7c4c(c1)c23)c65. The zero-order valence-corrected chi connectivity index (χ0v) is 35.3. The number of aromatic nitrogens is 3. The molecule has 0 aliphatic rings. The lowest BCUT2D eigenvalue weighted by Crippen LogP contribution is -2.11. The van der Waals surface area contributed by atoms with Crippen molar-refractivity contribution in [3.05, 3.63) is 169 Å². The molecular weight excluding hydrogens is 741 g/mol. The van der Waals surface area contributed by atoms with Gasteiger partial charge in [0.1, 0.15) is 5.65 Å². The van der Waals surface area contributed by atoms with Gasteiger partial charge in [-0.25, -0.2) is 4.98 Å². The minimum absolute atomic E-state index is 0.0563. The molecule has 0 amide bonds. The van der Waals surface area contributed by atoms with E-state index in [2.05, 4.69) is 213 Å². The molecule has 61 heavy (non-hydrogen) atoms. The molecule has 4 nitrogen and oxygen atoms in total. The van der Waals surface area contributed by atoms with Gasteiger partial charge in [-0.2, -0.15) is 0 Å². The molecule has 0 spiro atoms. The minimum Gasteiger partial charge on any atom is -0.308 e. The molecule has 0 unspecified atom stereocenters. The van der Waals surface area contributed by atoms with Gasteiger partial charge in [0.25, 0.3) is 0 Å². The monoisotopic (exact) mass is 784 g/mol. The number of fused-ring (bicyclic) bond motifs is 17. The van der Waals surface area contributed by atoms with Crippen LogP contribution in [0, 0.1) is 0 Å². The molecule has 5 heterocycles. The highest BCUT2D eigenvalue weighted by Gasteiger charge is 2.31. The van der Waals surface area contributed by atoms with Gasteiger partial charge in [0.05, 0.1) is 39.5 Å². The van der Waals surface area contributed by atoms with Crippen molar-refractivity contribution >= 4 is 115 Å². The van der Waals surface area contributed by atoms with E-state index in [1.807, 2.05) is 0 Å². The van der Waals surface area contributed by atoms with Gasteiger partial charge in [-0.05, 0) is 92.7 Å². The number of hydrogen-bond acceptors (Lipinski definition) is 2. The minimum atomic E-state index is -0.0919. The van der Waals surface area contributed by atoms with E-state index < -0.39 is 0 Å². The van der Waals surface area contributed by atoms with E-state index in [0.717, 1.165) is 28.2 Å². The lowest BCUT2D eigenvalue weighted by atomic mass is 9.84. The van der Waals surface area contributed by atoms with Crippen molar-refractivity contribution in [2.45, 2.75) is 52.4 Å². The normalized spacial score (nSPS) is 13.1. The van der Waals surface area contributed by atoms with Crippen molar-refractivity contribution in [2.75, 3.05) is 4.90 Å². The molecule has 0 N–H and O–H groups in total. The Morgan fingerprint density at radius 1 is 0.410 bits per heavy atom. The summed E-state index contributed by atoms with van der Waals surface area (Å²) < 4.78 is 5.06. The summed E-state index contributed by atoms with van der Waals surface area (Å²) in [6.07, 6.45) is 2.18. The quantitative estimate of drug-likeness (QED) is 0.178. The van der Waals surface area contributed by atoms with Crippen LogP contribution in [-0.4, -0.2) is 13.8 Å². The number of pyridine rings is 1. The standard InChI is InChI=1S/C57H44N4/c1-56(2,3)35-28-42-41-26-25-33-17-13-16-24-40(33)51(41)61-52(42)45(31-35)50-49-44-30-36(57(4,5)6)29-43-48-39-23-15-14-18-34(39)27-46(54(48)60(53(43)44)47(49)32-58-55(50)61)59(37-19-9-7-10-20-37)38-21-11-8-12-22-38/h7-32H,1-6H3.